The van der Waals surface area contributed by atoms with Gasteiger partial charge in [-0.3, -0.25) is 15.1 Å². The lowest BCUT2D eigenvalue weighted by atomic mass is 10.2. The van der Waals surface area contributed by atoms with Crippen LogP contribution in [-0.2, 0) is 20.1 Å². The molecule has 128 valence electrons. The van der Waals surface area contributed by atoms with Crippen molar-refractivity contribution in [3.05, 3.63) is 62.9 Å². The molecule has 7 nitrogen and oxygen atoms in total. The summed E-state index contributed by atoms with van der Waals surface area (Å²) in [5.41, 5.74) is 1.74. The number of guanidine groups is 1. The third-order valence-electron chi connectivity index (χ3n) is 3.67. The molecule has 0 bridgehead atoms. The number of nitrogens with zero attached hydrogens (tertiary/aromatic N) is 4. The molecule has 0 saturated heterocycles. The first-order valence-corrected chi connectivity index (χ1v) is 7.75. The quantitative estimate of drug-likeness (QED) is 0.390. The summed E-state index contributed by atoms with van der Waals surface area (Å²) in [5, 5.41) is 14.9. The minimum Gasteiger partial charge on any atom is -0.352 e. The van der Waals surface area contributed by atoms with E-state index in [-0.39, 0.29) is 10.6 Å². The summed E-state index contributed by atoms with van der Waals surface area (Å²) in [4.78, 5) is 16.9. The molecular formula is C16H20ClN5O2. The van der Waals surface area contributed by atoms with Gasteiger partial charge in [0, 0.05) is 51.2 Å². The molecule has 0 radical (unpaired) electrons. The van der Waals surface area contributed by atoms with E-state index in [9.17, 15) is 10.1 Å². The zero-order chi connectivity index (χ0) is 17.7. The van der Waals surface area contributed by atoms with Crippen LogP contribution in [0.2, 0.25) is 5.02 Å². The Bertz CT molecular complexity index is 757. The van der Waals surface area contributed by atoms with Gasteiger partial charge in [-0.1, -0.05) is 29.8 Å². The Labute approximate surface area is 145 Å². The predicted octanol–water partition coefficient (Wildman–Crippen LogP) is 2.79. The number of rotatable bonds is 5. The van der Waals surface area contributed by atoms with Crippen LogP contribution in [0.3, 0.4) is 0 Å². The van der Waals surface area contributed by atoms with E-state index in [1.54, 1.807) is 25.2 Å². The van der Waals surface area contributed by atoms with Crippen molar-refractivity contribution in [2.24, 2.45) is 12.0 Å². The van der Waals surface area contributed by atoms with Crippen molar-refractivity contribution in [3.63, 3.8) is 0 Å². The Balaban J connectivity index is 2.05. The van der Waals surface area contributed by atoms with Crippen LogP contribution in [0.25, 0.3) is 0 Å². The van der Waals surface area contributed by atoms with Gasteiger partial charge in [-0.25, -0.2) is 0 Å². The number of nitro benzene ring substituents is 1. The van der Waals surface area contributed by atoms with Crippen molar-refractivity contribution in [1.82, 2.24) is 14.8 Å². The molecule has 24 heavy (non-hydrogen) atoms. The average molecular weight is 350 g/mol. The number of halogens is 1. The number of nitro groups is 1. The lowest BCUT2D eigenvalue weighted by Gasteiger charge is -2.22. The summed E-state index contributed by atoms with van der Waals surface area (Å²) in [7, 11) is 5.50. The summed E-state index contributed by atoms with van der Waals surface area (Å²) < 4.78 is 1.95. The van der Waals surface area contributed by atoms with Gasteiger partial charge in [-0.15, -0.1) is 0 Å². The summed E-state index contributed by atoms with van der Waals surface area (Å²) in [6.45, 7) is 0.932. The molecule has 0 unspecified atom stereocenters. The van der Waals surface area contributed by atoms with Gasteiger partial charge in [0.05, 0.1) is 16.5 Å². The molecule has 1 aromatic heterocycles. The molecule has 0 saturated carbocycles. The second-order valence-corrected chi connectivity index (χ2v) is 5.84. The highest BCUT2D eigenvalue weighted by Crippen LogP contribution is 2.17. The van der Waals surface area contributed by atoms with Gasteiger partial charge in [0.25, 0.3) is 5.69 Å². The van der Waals surface area contributed by atoms with Gasteiger partial charge in [0.2, 0.25) is 0 Å². The van der Waals surface area contributed by atoms with Crippen LogP contribution in [0.4, 0.5) is 5.69 Å². The highest BCUT2D eigenvalue weighted by atomic mass is 35.5. The van der Waals surface area contributed by atoms with Crippen molar-refractivity contribution in [2.45, 2.75) is 13.1 Å². The molecule has 1 aromatic carbocycles. The average Bonchev–Trinajstić information content (AvgIpc) is 2.85. The molecule has 1 N–H and O–H groups in total. The zero-order valence-corrected chi connectivity index (χ0v) is 14.6. The predicted molar refractivity (Wildman–Crippen MR) is 95.2 cm³/mol. The number of aromatic nitrogens is 1. The third kappa shape index (κ3) is 4.26. The number of hydrogen-bond donors (Lipinski definition) is 1. The molecule has 1 heterocycles. The van der Waals surface area contributed by atoms with Crippen LogP contribution in [-0.4, -0.2) is 34.4 Å². The van der Waals surface area contributed by atoms with Gasteiger partial charge in [0.15, 0.2) is 5.96 Å². The first-order chi connectivity index (χ1) is 11.4. The van der Waals surface area contributed by atoms with Gasteiger partial charge < -0.3 is 14.8 Å². The van der Waals surface area contributed by atoms with E-state index >= 15 is 0 Å². The largest absolute Gasteiger partial charge is 0.352 e. The molecular weight excluding hydrogens is 330 g/mol. The van der Waals surface area contributed by atoms with Gasteiger partial charge in [-0.05, 0) is 6.07 Å². The van der Waals surface area contributed by atoms with E-state index in [1.807, 2.05) is 35.8 Å². The van der Waals surface area contributed by atoms with Crippen LogP contribution in [0.1, 0.15) is 11.3 Å². The van der Waals surface area contributed by atoms with Gasteiger partial charge in [-0.2, -0.15) is 0 Å². The number of para-hydroxylation sites is 1. The lowest BCUT2D eigenvalue weighted by Crippen LogP contribution is -2.38. The maximum atomic E-state index is 11.1. The Hall–Kier alpha value is -2.54. The smallest absolute Gasteiger partial charge is 0.274 e. The molecule has 8 heteroatoms. The Kier molecular flexibility index (Phi) is 5.81. The Morgan fingerprint density at radius 1 is 1.46 bits per heavy atom. The number of hydrogen-bond acceptors (Lipinski definition) is 3. The van der Waals surface area contributed by atoms with Crippen LogP contribution >= 0.6 is 11.6 Å². The molecule has 0 amide bonds. The molecule has 2 aromatic rings. The van der Waals surface area contributed by atoms with Crippen LogP contribution in [0.5, 0.6) is 0 Å². The minimum absolute atomic E-state index is 0.0947. The number of benzene rings is 1. The monoisotopic (exact) mass is 349 g/mol. The highest BCUT2D eigenvalue weighted by Gasteiger charge is 2.14. The van der Waals surface area contributed by atoms with E-state index in [1.165, 1.54) is 6.07 Å². The second-order valence-electron chi connectivity index (χ2n) is 5.40. The first-order valence-electron chi connectivity index (χ1n) is 7.37. The fourth-order valence-corrected chi connectivity index (χ4v) is 2.71. The molecule has 0 fully saturated rings. The minimum atomic E-state index is -0.380. The van der Waals surface area contributed by atoms with Crippen molar-refractivity contribution in [3.8, 4) is 0 Å². The second kappa shape index (κ2) is 7.83. The fraction of sp³-hybridized carbons (Fsp3) is 0.312. The van der Waals surface area contributed by atoms with Crippen molar-refractivity contribution < 1.29 is 4.92 Å². The first kappa shape index (κ1) is 17.8. The van der Waals surface area contributed by atoms with Crippen LogP contribution in [0, 0.1) is 10.1 Å². The molecule has 0 spiro atoms. The maximum Gasteiger partial charge on any atom is 0.274 e. The normalized spacial score (nSPS) is 11.4. The van der Waals surface area contributed by atoms with Gasteiger partial charge in [0.1, 0.15) is 0 Å². The SMILES string of the molecule is CN=C(NCc1ccccc1[N+](=O)[O-])N(C)Cc1cc(Cl)cn1C. The fourth-order valence-electron chi connectivity index (χ4n) is 2.44. The molecule has 0 aliphatic rings. The van der Waals surface area contributed by atoms with Crippen molar-refractivity contribution >= 4 is 23.2 Å². The topological polar surface area (TPSA) is 75.7 Å². The Morgan fingerprint density at radius 3 is 2.75 bits per heavy atom. The van der Waals surface area contributed by atoms with Crippen LogP contribution in [0.15, 0.2) is 41.5 Å². The summed E-state index contributed by atoms with van der Waals surface area (Å²) >= 11 is 6.00. The molecule has 2 rings (SSSR count). The summed E-state index contributed by atoms with van der Waals surface area (Å²) in [5.74, 6) is 0.644. The van der Waals surface area contributed by atoms with Crippen molar-refractivity contribution in [2.75, 3.05) is 14.1 Å². The highest BCUT2D eigenvalue weighted by molar-refractivity contribution is 6.30. The number of nitrogens with one attached hydrogen (secondary N) is 1. The summed E-state index contributed by atoms with van der Waals surface area (Å²) in [6, 6.07) is 8.56. The Morgan fingerprint density at radius 2 is 2.17 bits per heavy atom. The third-order valence-corrected chi connectivity index (χ3v) is 3.88. The molecule has 0 aliphatic heterocycles. The zero-order valence-electron chi connectivity index (χ0n) is 13.9. The van der Waals surface area contributed by atoms with E-state index in [0.29, 0.717) is 29.6 Å². The van der Waals surface area contributed by atoms with Crippen molar-refractivity contribution in [1.29, 1.82) is 0 Å². The van der Waals surface area contributed by atoms with E-state index in [0.717, 1.165) is 5.69 Å². The molecule has 0 aliphatic carbocycles. The number of aryl methyl sites for hydroxylation is 1. The maximum absolute atomic E-state index is 11.1. The summed E-state index contributed by atoms with van der Waals surface area (Å²) in [6.07, 6.45) is 1.84. The van der Waals surface area contributed by atoms with E-state index in [2.05, 4.69) is 10.3 Å². The van der Waals surface area contributed by atoms with E-state index in [4.69, 9.17) is 11.6 Å². The van der Waals surface area contributed by atoms with Crippen LogP contribution < -0.4 is 5.32 Å². The van der Waals surface area contributed by atoms with Gasteiger partial charge >= 0.3 is 0 Å². The standard InChI is InChI=1S/C16H20ClN5O2/c1-18-16(21(3)11-14-8-13(17)10-20(14)2)19-9-12-6-4-5-7-15(12)22(23)24/h4-8,10H,9,11H2,1-3H3,(H,18,19). The number of aliphatic imine (C=N–C) groups is 1. The molecule has 0 atom stereocenters. The lowest BCUT2D eigenvalue weighted by molar-refractivity contribution is -0.385. The van der Waals surface area contributed by atoms with E-state index < -0.39 is 0 Å².